The second-order valence-corrected chi connectivity index (χ2v) is 26.8. The maximum atomic E-state index is 7.33. The minimum absolute atomic E-state index is 0.347. The second kappa shape index (κ2) is 30.3. The van der Waals surface area contributed by atoms with Gasteiger partial charge in [-0.25, -0.2) is 19.9 Å². The van der Waals surface area contributed by atoms with Crippen LogP contribution < -0.4 is 18.9 Å². The molecule has 0 amide bonds. The number of hydrogen-bond acceptors (Lipinski definition) is 8. The number of aromatic nitrogens is 8. The molecule has 3 aromatic carbocycles. The number of ether oxygens (including phenoxy) is 4. The van der Waals surface area contributed by atoms with E-state index in [4.69, 9.17) is 38.9 Å². The van der Waals surface area contributed by atoms with Gasteiger partial charge in [-0.05, 0) is 145 Å². The van der Waals surface area contributed by atoms with Gasteiger partial charge in [0.05, 0.1) is 82.3 Å². The molecule has 13 rings (SSSR count). The molecule has 12 heteroatoms. The fourth-order valence-electron chi connectivity index (χ4n) is 14.3. The summed E-state index contributed by atoms with van der Waals surface area (Å²) in [5, 5.41) is 3.72. The van der Waals surface area contributed by atoms with E-state index in [0.29, 0.717) is 73.1 Å². The number of unbranched alkanes of at least 4 members (excludes halogenated alkanes) is 4. The molecule has 96 heavy (non-hydrogen) atoms. The van der Waals surface area contributed by atoms with Crippen LogP contribution in [-0.4, -0.2) is 66.3 Å². The Bertz CT molecular complexity index is 4400. The lowest BCUT2D eigenvalue weighted by atomic mass is 10.0. The molecule has 10 heterocycles. The number of benzene rings is 3. The topological polar surface area (TPSA) is 152 Å². The van der Waals surface area contributed by atoms with Gasteiger partial charge < -0.3 is 38.9 Å². The lowest BCUT2D eigenvalue weighted by molar-refractivity contribution is 0.234. The van der Waals surface area contributed by atoms with Gasteiger partial charge in [-0.1, -0.05) is 193 Å². The van der Waals surface area contributed by atoms with Gasteiger partial charge in [0.25, 0.3) is 0 Å². The minimum Gasteiger partial charge on any atom is -0.489 e. The van der Waals surface area contributed by atoms with E-state index in [1.807, 2.05) is 0 Å². The van der Waals surface area contributed by atoms with Crippen molar-refractivity contribution in [3.8, 4) is 45.3 Å². The Labute approximate surface area is 566 Å². The van der Waals surface area contributed by atoms with Crippen LogP contribution in [-0.2, 0) is 0 Å². The Balaban J connectivity index is 1.19. The molecule has 0 radical (unpaired) electrons. The van der Waals surface area contributed by atoms with Gasteiger partial charge in [0, 0.05) is 43.7 Å². The van der Waals surface area contributed by atoms with Crippen molar-refractivity contribution in [3.63, 3.8) is 0 Å². The fourth-order valence-corrected chi connectivity index (χ4v) is 14.3. The fraction of sp³-hybridized carbons (Fsp3) is 0.381. The summed E-state index contributed by atoms with van der Waals surface area (Å²) >= 11 is 0. The molecule has 4 aliphatic heterocycles. The summed E-state index contributed by atoms with van der Waals surface area (Å²) in [5.41, 5.74) is 17.1. The van der Waals surface area contributed by atoms with Crippen molar-refractivity contribution >= 4 is 114 Å². The molecule has 6 aromatic heterocycles. The summed E-state index contributed by atoms with van der Waals surface area (Å²) in [4.78, 5) is 38.7. The van der Waals surface area contributed by atoms with E-state index in [0.717, 1.165) is 236 Å². The van der Waals surface area contributed by atoms with Crippen LogP contribution in [0, 0.1) is 23.7 Å². The van der Waals surface area contributed by atoms with E-state index in [1.165, 1.54) is 0 Å². The van der Waals surface area contributed by atoms with E-state index in [9.17, 15) is 0 Å². The summed E-state index contributed by atoms with van der Waals surface area (Å²) in [6.07, 6.45) is 34.5. The number of aromatic amines is 4. The van der Waals surface area contributed by atoms with Gasteiger partial charge in [-0.2, -0.15) is 0 Å². The highest BCUT2D eigenvalue weighted by Gasteiger charge is 2.27. The molecule has 0 fully saturated rings. The quantitative estimate of drug-likeness (QED) is 0.0347. The first-order chi connectivity index (χ1) is 47.2. The molecule has 4 N–H and O–H groups in total. The van der Waals surface area contributed by atoms with Crippen molar-refractivity contribution in [2.75, 3.05) is 26.4 Å². The molecule has 0 spiro atoms. The Morgan fingerprint density at radius 3 is 0.927 bits per heavy atom. The zero-order valence-electron chi connectivity index (χ0n) is 57.7. The molecule has 9 aromatic rings. The number of nitrogens with one attached hydrogen (secondary N) is 4. The number of rotatable bonds is 30. The van der Waals surface area contributed by atoms with E-state index in [-0.39, 0.29) is 0 Å². The maximum Gasteiger partial charge on any atom is 0.168 e. The molecule has 496 valence electrons. The number of H-pyrrole nitrogens is 4. The molecule has 0 aliphatic carbocycles. The predicted molar refractivity (Wildman–Crippen MR) is 404 cm³/mol. The maximum absolute atomic E-state index is 7.33. The molecule has 4 atom stereocenters. The molecule has 0 saturated heterocycles. The summed E-state index contributed by atoms with van der Waals surface area (Å²) in [5.74, 6) is 4.21. The van der Waals surface area contributed by atoms with Gasteiger partial charge in [0.15, 0.2) is 23.0 Å². The van der Waals surface area contributed by atoms with Gasteiger partial charge in [0.1, 0.15) is 22.8 Å². The number of nitrogens with zero attached hydrogens (tertiary/aromatic N) is 4. The zero-order valence-corrected chi connectivity index (χ0v) is 57.7. The van der Waals surface area contributed by atoms with Crippen LogP contribution in [0.3, 0.4) is 0 Å². The van der Waals surface area contributed by atoms with Crippen molar-refractivity contribution in [1.82, 2.24) is 39.9 Å². The first-order valence-electron chi connectivity index (χ1n) is 36.3. The molecular formula is C84H96N8O4. The summed E-state index contributed by atoms with van der Waals surface area (Å²) < 4.78 is 29.0. The van der Waals surface area contributed by atoms with E-state index < -0.39 is 0 Å². The average molecular weight is 1280 g/mol. The SMILES string of the molecule is CCCCC(CC)COc1c2nc(c3c4cc5[nH]c4c(c4nc(c(OCC(CC)CCCC)c6ccc([nH]6)c(-c6ccccc6)c6nc(c5OCC(CC)CCCC)C=C6)C=C4)c4cc([nH]c43)c(OCC(CC)CCCC)c3nc(c(-c4ccccc4)c4ccc1[nH]4)C=C3)C=C2. The second-order valence-electron chi connectivity index (χ2n) is 26.8. The normalized spacial score (nSPS) is 13.9. The average Bonchev–Trinajstić information content (AvgIpc) is 1.56. The Kier molecular flexibility index (Phi) is 20.7. The third-order valence-corrected chi connectivity index (χ3v) is 20.2. The van der Waals surface area contributed by atoms with Gasteiger partial charge in [-0.3, -0.25) is 0 Å². The van der Waals surface area contributed by atoms with Crippen molar-refractivity contribution in [2.24, 2.45) is 23.7 Å². The standard InChI is InChI=1S/C84H96N8O4/c1-9-17-27-53(13-5)49-93-81-67-41-35-61(85-67)75(57-31-23-21-24-32-57)63-37-43-71(87-63)83(95-51-55(15-7)29-19-11-3)74-48-60-78-66-40-46-70(90-66)82(94-50-54(14-6)28-18-10-2)68-42-36-62(86-68)76(58-33-25-22-26-34-58)64-38-44-72(88-64)84(96-52-56(16-8)30-20-12-4)73-47-59(80(78)92-73)77(79(60)91-74)65-39-45-69(81)89-65/h21-26,31-48,53-56,85-86,91-92H,9-20,27-30,49-52H2,1-8H3. The first-order valence-corrected chi connectivity index (χ1v) is 36.3. The third-order valence-electron chi connectivity index (χ3n) is 20.2. The Morgan fingerprint density at radius 2 is 0.604 bits per heavy atom. The summed E-state index contributed by atoms with van der Waals surface area (Å²) in [6, 6.07) is 34.3. The van der Waals surface area contributed by atoms with Crippen LogP contribution in [0.1, 0.15) is 204 Å². The molecule has 0 saturated carbocycles. The van der Waals surface area contributed by atoms with Crippen LogP contribution in [0.2, 0.25) is 0 Å². The van der Waals surface area contributed by atoms with Crippen LogP contribution >= 0.6 is 0 Å². The van der Waals surface area contributed by atoms with E-state index in [2.05, 4.69) is 221 Å². The lowest BCUT2D eigenvalue weighted by Gasteiger charge is -2.16. The van der Waals surface area contributed by atoms with Gasteiger partial charge in [-0.15, -0.1) is 0 Å². The highest BCUT2D eigenvalue weighted by atomic mass is 16.5. The van der Waals surface area contributed by atoms with Gasteiger partial charge in [0.2, 0.25) is 0 Å². The molecule has 4 unspecified atom stereocenters. The number of hydrogen-bond donors (Lipinski definition) is 4. The summed E-state index contributed by atoms with van der Waals surface area (Å²) in [6.45, 7) is 20.4. The van der Waals surface area contributed by atoms with Crippen LogP contribution in [0.4, 0.5) is 0 Å². The lowest BCUT2D eigenvalue weighted by Crippen LogP contribution is -2.12. The van der Waals surface area contributed by atoms with Crippen LogP contribution in [0.25, 0.3) is 137 Å². The zero-order chi connectivity index (χ0) is 66.1. The van der Waals surface area contributed by atoms with Crippen LogP contribution in [0.15, 0.2) is 97.1 Å². The van der Waals surface area contributed by atoms with Crippen molar-refractivity contribution < 1.29 is 18.9 Å². The van der Waals surface area contributed by atoms with Crippen LogP contribution in [0.5, 0.6) is 23.0 Å². The molecule has 12 nitrogen and oxygen atoms in total. The molecule has 16 bridgehead atoms. The van der Waals surface area contributed by atoms with Crippen molar-refractivity contribution in [2.45, 2.75) is 158 Å². The largest absolute Gasteiger partial charge is 0.489 e. The van der Waals surface area contributed by atoms with E-state index >= 15 is 0 Å². The third kappa shape index (κ3) is 13.7. The molecule has 4 aliphatic rings. The first kappa shape index (κ1) is 65.5. The Hall–Kier alpha value is -9.16. The molecular weight excluding hydrogens is 1180 g/mol. The van der Waals surface area contributed by atoms with E-state index in [1.54, 1.807) is 0 Å². The number of fused-ring (bicyclic) bond motifs is 18. The smallest absolute Gasteiger partial charge is 0.168 e. The van der Waals surface area contributed by atoms with Crippen molar-refractivity contribution in [1.29, 1.82) is 0 Å². The van der Waals surface area contributed by atoms with Crippen molar-refractivity contribution in [3.05, 3.63) is 143 Å². The highest BCUT2D eigenvalue weighted by molar-refractivity contribution is 6.29. The van der Waals surface area contributed by atoms with Gasteiger partial charge >= 0.3 is 0 Å². The highest BCUT2D eigenvalue weighted by Crippen LogP contribution is 2.46. The minimum atomic E-state index is 0.347. The summed E-state index contributed by atoms with van der Waals surface area (Å²) in [7, 11) is 0. The predicted octanol–water partition coefficient (Wildman–Crippen LogP) is 23.1. The monoisotopic (exact) mass is 1280 g/mol. The Morgan fingerprint density at radius 1 is 0.312 bits per heavy atom.